The standard InChI is InChI=1S/C15H15FINO/c1-19-14-4-2-3-11(15(14)16)9-13(18)10-5-7-12(17)8-6-10/h2-8,13H,9,18H2,1H3. The minimum Gasteiger partial charge on any atom is -0.494 e. The van der Waals surface area contributed by atoms with Crippen LogP contribution in [0.4, 0.5) is 4.39 Å². The number of ether oxygens (including phenoxy) is 1. The van der Waals surface area contributed by atoms with Crippen LogP contribution >= 0.6 is 22.6 Å². The van der Waals surface area contributed by atoms with Crippen LogP contribution in [-0.2, 0) is 6.42 Å². The van der Waals surface area contributed by atoms with E-state index in [-0.39, 0.29) is 17.6 Å². The number of benzene rings is 2. The quantitative estimate of drug-likeness (QED) is 0.833. The maximum Gasteiger partial charge on any atom is 0.168 e. The van der Waals surface area contributed by atoms with Crippen molar-refractivity contribution in [1.82, 2.24) is 0 Å². The van der Waals surface area contributed by atoms with Crippen LogP contribution in [0.3, 0.4) is 0 Å². The number of halogens is 2. The first-order valence-electron chi connectivity index (χ1n) is 5.94. The van der Waals surface area contributed by atoms with E-state index in [9.17, 15) is 4.39 Å². The monoisotopic (exact) mass is 371 g/mol. The summed E-state index contributed by atoms with van der Waals surface area (Å²) in [6.07, 6.45) is 0.448. The minimum atomic E-state index is -0.328. The van der Waals surface area contributed by atoms with Crippen molar-refractivity contribution in [3.05, 3.63) is 63.0 Å². The summed E-state index contributed by atoms with van der Waals surface area (Å²) in [6.45, 7) is 0. The van der Waals surface area contributed by atoms with Crippen LogP contribution in [0.2, 0.25) is 0 Å². The Morgan fingerprint density at radius 1 is 1.21 bits per heavy atom. The first-order valence-corrected chi connectivity index (χ1v) is 7.02. The van der Waals surface area contributed by atoms with Gasteiger partial charge in [-0.05, 0) is 58.3 Å². The maximum atomic E-state index is 14.0. The van der Waals surface area contributed by atoms with Gasteiger partial charge in [0.15, 0.2) is 11.6 Å². The molecule has 0 bridgehead atoms. The average Bonchev–Trinajstić information content (AvgIpc) is 2.42. The fourth-order valence-electron chi connectivity index (χ4n) is 1.94. The van der Waals surface area contributed by atoms with Crippen LogP contribution in [0.25, 0.3) is 0 Å². The van der Waals surface area contributed by atoms with Crippen molar-refractivity contribution in [2.24, 2.45) is 5.73 Å². The van der Waals surface area contributed by atoms with E-state index >= 15 is 0 Å². The molecule has 0 heterocycles. The summed E-state index contributed by atoms with van der Waals surface area (Å²) in [5.41, 5.74) is 7.70. The van der Waals surface area contributed by atoms with E-state index in [2.05, 4.69) is 22.6 Å². The molecule has 0 amide bonds. The Morgan fingerprint density at radius 2 is 1.89 bits per heavy atom. The van der Waals surface area contributed by atoms with Crippen molar-refractivity contribution < 1.29 is 9.13 Å². The summed E-state index contributed by atoms with van der Waals surface area (Å²) in [4.78, 5) is 0. The Hall–Kier alpha value is -1.14. The van der Waals surface area contributed by atoms with E-state index in [0.29, 0.717) is 12.0 Å². The lowest BCUT2D eigenvalue weighted by Gasteiger charge is -2.14. The number of nitrogens with two attached hydrogens (primary N) is 1. The molecule has 4 heteroatoms. The Bertz CT molecular complexity index is 557. The largest absolute Gasteiger partial charge is 0.494 e. The van der Waals surface area contributed by atoms with Gasteiger partial charge in [0, 0.05) is 9.61 Å². The first-order chi connectivity index (χ1) is 9.11. The Balaban J connectivity index is 2.19. The van der Waals surface area contributed by atoms with Gasteiger partial charge in [-0.25, -0.2) is 4.39 Å². The molecule has 0 saturated heterocycles. The molecule has 2 N–H and O–H groups in total. The van der Waals surface area contributed by atoms with Gasteiger partial charge in [-0.2, -0.15) is 0 Å². The van der Waals surface area contributed by atoms with Gasteiger partial charge in [0.05, 0.1) is 7.11 Å². The molecule has 0 aliphatic rings. The molecule has 2 rings (SSSR count). The zero-order valence-corrected chi connectivity index (χ0v) is 12.7. The fourth-order valence-corrected chi connectivity index (χ4v) is 2.30. The molecule has 0 spiro atoms. The third-order valence-corrected chi connectivity index (χ3v) is 3.72. The fraction of sp³-hybridized carbons (Fsp3) is 0.200. The van der Waals surface area contributed by atoms with Crippen LogP contribution in [-0.4, -0.2) is 7.11 Å². The van der Waals surface area contributed by atoms with Gasteiger partial charge in [-0.1, -0.05) is 24.3 Å². The van der Waals surface area contributed by atoms with E-state index in [4.69, 9.17) is 10.5 Å². The molecule has 1 atom stereocenters. The maximum absolute atomic E-state index is 14.0. The molecule has 0 fully saturated rings. The lowest BCUT2D eigenvalue weighted by Crippen LogP contribution is -2.14. The second-order valence-corrected chi connectivity index (χ2v) is 5.54. The minimum absolute atomic E-state index is 0.224. The van der Waals surface area contributed by atoms with E-state index in [1.807, 2.05) is 24.3 Å². The summed E-state index contributed by atoms with van der Waals surface area (Å²) in [5, 5.41) is 0. The molecule has 0 aliphatic carbocycles. The van der Waals surface area contributed by atoms with Crippen LogP contribution in [0, 0.1) is 9.39 Å². The summed E-state index contributed by atoms with van der Waals surface area (Å²) in [6, 6.07) is 12.8. The van der Waals surface area contributed by atoms with Crippen molar-refractivity contribution in [3.63, 3.8) is 0 Å². The third kappa shape index (κ3) is 3.45. The third-order valence-electron chi connectivity index (χ3n) is 3.00. The van der Waals surface area contributed by atoms with Gasteiger partial charge in [-0.15, -0.1) is 0 Å². The number of methoxy groups -OCH3 is 1. The van der Waals surface area contributed by atoms with E-state index in [0.717, 1.165) is 9.13 Å². The highest BCUT2D eigenvalue weighted by atomic mass is 127. The van der Waals surface area contributed by atoms with Gasteiger partial charge in [0.2, 0.25) is 0 Å². The molecule has 2 nitrogen and oxygen atoms in total. The average molecular weight is 371 g/mol. The van der Waals surface area contributed by atoms with Gasteiger partial charge < -0.3 is 10.5 Å². The molecule has 2 aromatic carbocycles. The predicted molar refractivity (Wildman–Crippen MR) is 82.7 cm³/mol. The molecule has 1 unspecified atom stereocenters. The summed E-state index contributed by atoms with van der Waals surface area (Å²) in [5.74, 6) is -0.0710. The summed E-state index contributed by atoms with van der Waals surface area (Å²) >= 11 is 2.24. The number of rotatable bonds is 4. The molecule has 19 heavy (non-hydrogen) atoms. The summed E-state index contributed by atoms with van der Waals surface area (Å²) < 4.78 is 20.2. The van der Waals surface area contributed by atoms with Crippen LogP contribution in [0.5, 0.6) is 5.75 Å². The smallest absolute Gasteiger partial charge is 0.168 e. The molecule has 100 valence electrons. The zero-order valence-electron chi connectivity index (χ0n) is 10.6. The molecular formula is C15H15FINO. The predicted octanol–water partition coefficient (Wildman–Crippen LogP) is 3.68. The second-order valence-electron chi connectivity index (χ2n) is 4.30. The Morgan fingerprint density at radius 3 is 2.53 bits per heavy atom. The molecule has 0 aromatic heterocycles. The highest BCUT2D eigenvalue weighted by Crippen LogP contribution is 2.24. The lowest BCUT2D eigenvalue weighted by molar-refractivity contribution is 0.383. The SMILES string of the molecule is COc1cccc(CC(N)c2ccc(I)cc2)c1F. The van der Waals surface area contributed by atoms with E-state index in [1.54, 1.807) is 18.2 Å². The van der Waals surface area contributed by atoms with Crippen molar-refractivity contribution in [2.75, 3.05) is 7.11 Å². The van der Waals surface area contributed by atoms with Gasteiger partial charge in [0.25, 0.3) is 0 Å². The van der Waals surface area contributed by atoms with Crippen LogP contribution in [0.1, 0.15) is 17.2 Å². The Labute approximate surface area is 125 Å². The van der Waals surface area contributed by atoms with E-state index < -0.39 is 0 Å². The van der Waals surface area contributed by atoms with Gasteiger partial charge in [0.1, 0.15) is 0 Å². The highest BCUT2D eigenvalue weighted by Gasteiger charge is 2.13. The van der Waals surface area contributed by atoms with Gasteiger partial charge in [-0.3, -0.25) is 0 Å². The molecule has 0 radical (unpaired) electrons. The van der Waals surface area contributed by atoms with Crippen molar-refractivity contribution in [1.29, 1.82) is 0 Å². The van der Waals surface area contributed by atoms with Crippen molar-refractivity contribution in [3.8, 4) is 5.75 Å². The molecule has 0 saturated carbocycles. The number of hydrogen-bond donors (Lipinski definition) is 1. The van der Waals surface area contributed by atoms with Crippen molar-refractivity contribution in [2.45, 2.75) is 12.5 Å². The Kier molecular flexibility index (Phi) is 4.76. The van der Waals surface area contributed by atoms with Crippen molar-refractivity contribution >= 4 is 22.6 Å². The highest BCUT2D eigenvalue weighted by molar-refractivity contribution is 14.1. The van der Waals surface area contributed by atoms with Crippen LogP contribution in [0.15, 0.2) is 42.5 Å². The summed E-state index contributed by atoms with van der Waals surface area (Å²) in [7, 11) is 1.46. The normalized spacial score (nSPS) is 12.2. The van der Waals surface area contributed by atoms with Crippen LogP contribution < -0.4 is 10.5 Å². The first kappa shape index (κ1) is 14.3. The van der Waals surface area contributed by atoms with E-state index in [1.165, 1.54) is 7.11 Å². The van der Waals surface area contributed by atoms with Gasteiger partial charge >= 0.3 is 0 Å². The molecular weight excluding hydrogens is 356 g/mol. The second kappa shape index (κ2) is 6.34. The molecule has 0 aliphatic heterocycles. The zero-order chi connectivity index (χ0) is 13.8. The lowest BCUT2D eigenvalue weighted by atomic mass is 9.99. The topological polar surface area (TPSA) is 35.2 Å². The molecule has 2 aromatic rings. The number of hydrogen-bond acceptors (Lipinski definition) is 2.